The van der Waals surface area contributed by atoms with Gasteiger partial charge in [0.05, 0.1) is 5.69 Å². The number of hydrogen-bond acceptors (Lipinski definition) is 3. The number of nitrogens with one attached hydrogen (secondary N) is 2. The van der Waals surface area contributed by atoms with Gasteiger partial charge in [0, 0.05) is 24.8 Å². The number of halogens is 1. The first-order valence-corrected chi connectivity index (χ1v) is 8.43. The largest absolute Gasteiger partial charge is 0.367 e. The van der Waals surface area contributed by atoms with E-state index in [0.717, 1.165) is 37.1 Å². The molecular weight excluding hydrogens is 307 g/mol. The number of carbonyl (C=O) groups is 1. The number of carbonyl (C=O) groups excluding carboxylic acids is 1. The minimum atomic E-state index is -0.215. The van der Waals surface area contributed by atoms with Crippen molar-refractivity contribution in [3.05, 3.63) is 47.0 Å². The van der Waals surface area contributed by atoms with Crippen molar-refractivity contribution >= 4 is 11.6 Å². The highest BCUT2D eigenvalue weighted by atomic mass is 19.1. The van der Waals surface area contributed by atoms with Gasteiger partial charge in [-0.1, -0.05) is 13.0 Å². The molecule has 0 spiro atoms. The minimum Gasteiger partial charge on any atom is -0.367 e. The second kappa shape index (κ2) is 7.03. The summed E-state index contributed by atoms with van der Waals surface area (Å²) in [6, 6.07) is 6.90. The van der Waals surface area contributed by atoms with Gasteiger partial charge in [-0.25, -0.2) is 4.39 Å². The van der Waals surface area contributed by atoms with E-state index < -0.39 is 0 Å². The summed E-state index contributed by atoms with van der Waals surface area (Å²) in [5.41, 5.74) is 2.99. The SMILES string of the molecule is CCc1cc(C(=O)NC2CCCN(c3cc(C)ccc3F)C2)n[nH]1. The van der Waals surface area contributed by atoms with E-state index in [2.05, 4.69) is 15.5 Å². The lowest BCUT2D eigenvalue weighted by Gasteiger charge is -2.35. The Kier molecular flexibility index (Phi) is 4.83. The van der Waals surface area contributed by atoms with E-state index in [1.807, 2.05) is 24.8 Å². The Hall–Kier alpha value is -2.37. The monoisotopic (exact) mass is 330 g/mol. The first-order chi connectivity index (χ1) is 11.6. The number of benzene rings is 1. The lowest BCUT2D eigenvalue weighted by molar-refractivity contribution is 0.0928. The van der Waals surface area contributed by atoms with E-state index >= 15 is 0 Å². The van der Waals surface area contributed by atoms with E-state index in [1.165, 1.54) is 6.07 Å². The normalized spacial score (nSPS) is 17.8. The van der Waals surface area contributed by atoms with E-state index in [0.29, 0.717) is 17.9 Å². The Morgan fingerprint density at radius 2 is 2.29 bits per heavy atom. The summed E-state index contributed by atoms with van der Waals surface area (Å²) in [5.74, 6) is -0.394. The van der Waals surface area contributed by atoms with Gasteiger partial charge < -0.3 is 10.2 Å². The van der Waals surface area contributed by atoms with Crippen LogP contribution in [0.4, 0.5) is 10.1 Å². The number of hydrogen-bond donors (Lipinski definition) is 2. The average Bonchev–Trinajstić information content (AvgIpc) is 3.06. The molecule has 1 unspecified atom stereocenters. The number of H-pyrrole nitrogens is 1. The summed E-state index contributed by atoms with van der Waals surface area (Å²) >= 11 is 0. The summed E-state index contributed by atoms with van der Waals surface area (Å²) in [7, 11) is 0. The third kappa shape index (κ3) is 3.58. The van der Waals surface area contributed by atoms with Crippen molar-refractivity contribution in [2.45, 2.75) is 39.2 Å². The predicted molar refractivity (Wildman–Crippen MR) is 91.8 cm³/mol. The maximum absolute atomic E-state index is 14.1. The molecule has 1 atom stereocenters. The van der Waals surface area contributed by atoms with E-state index in [1.54, 1.807) is 12.1 Å². The number of aryl methyl sites for hydroxylation is 2. The molecule has 1 amide bonds. The number of anilines is 1. The Morgan fingerprint density at radius 3 is 3.04 bits per heavy atom. The molecule has 1 saturated heterocycles. The Balaban J connectivity index is 1.67. The van der Waals surface area contributed by atoms with Crippen molar-refractivity contribution in [3.8, 4) is 0 Å². The molecule has 128 valence electrons. The minimum absolute atomic E-state index is 0.00654. The first kappa shape index (κ1) is 16.5. The highest BCUT2D eigenvalue weighted by Gasteiger charge is 2.24. The van der Waals surface area contributed by atoms with Crippen molar-refractivity contribution in [2.75, 3.05) is 18.0 Å². The maximum atomic E-state index is 14.1. The quantitative estimate of drug-likeness (QED) is 0.906. The van der Waals surface area contributed by atoms with Crippen LogP contribution in [0.2, 0.25) is 0 Å². The van der Waals surface area contributed by atoms with E-state index in [9.17, 15) is 9.18 Å². The molecule has 6 heteroatoms. The highest BCUT2D eigenvalue weighted by Crippen LogP contribution is 2.24. The molecule has 24 heavy (non-hydrogen) atoms. The molecule has 0 bridgehead atoms. The number of nitrogens with zero attached hydrogens (tertiary/aromatic N) is 2. The third-order valence-electron chi connectivity index (χ3n) is 4.44. The van der Waals surface area contributed by atoms with E-state index in [-0.39, 0.29) is 17.8 Å². The molecule has 5 nitrogen and oxygen atoms in total. The van der Waals surface area contributed by atoms with Crippen LogP contribution in [-0.2, 0) is 6.42 Å². The predicted octanol–water partition coefficient (Wildman–Crippen LogP) is 2.82. The van der Waals surface area contributed by atoms with Crippen molar-refractivity contribution in [1.82, 2.24) is 15.5 Å². The van der Waals surface area contributed by atoms with Crippen molar-refractivity contribution < 1.29 is 9.18 Å². The molecule has 2 heterocycles. The summed E-state index contributed by atoms with van der Waals surface area (Å²) in [5, 5.41) is 9.92. The topological polar surface area (TPSA) is 61.0 Å². The Labute approximate surface area is 141 Å². The number of piperidine rings is 1. The molecule has 1 aliphatic heterocycles. The molecule has 0 saturated carbocycles. The fourth-order valence-electron chi connectivity index (χ4n) is 3.10. The average molecular weight is 330 g/mol. The zero-order chi connectivity index (χ0) is 17.1. The lowest BCUT2D eigenvalue weighted by Crippen LogP contribution is -2.48. The highest BCUT2D eigenvalue weighted by molar-refractivity contribution is 5.92. The molecule has 1 aromatic heterocycles. The zero-order valence-electron chi connectivity index (χ0n) is 14.1. The van der Waals surface area contributed by atoms with Crippen molar-refractivity contribution in [2.24, 2.45) is 0 Å². The molecule has 3 rings (SSSR count). The fourth-order valence-corrected chi connectivity index (χ4v) is 3.10. The lowest BCUT2D eigenvalue weighted by atomic mass is 10.0. The summed E-state index contributed by atoms with van der Waals surface area (Å²) < 4.78 is 14.1. The van der Waals surface area contributed by atoms with Crippen LogP contribution in [0.15, 0.2) is 24.3 Å². The number of amides is 1. The van der Waals surface area contributed by atoms with Gasteiger partial charge in [0.1, 0.15) is 11.5 Å². The van der Waals surface area contributed by atoms with Crippen LogP contribution in [-0.4, -0.2) is 35.2 Å². The standard InChI is InChI=1S/C18H23FN4O/c1-3-13-10-16(22-21-13)18(24)20-14-5-4-8-23(11-14)17-9-12(2)6-7-15(17)19/h6-7,9-10,14H,3-5,8,11H2,1-2H3,(H,20,24)(H,21,22). The number of aromatic nitrogens is 2. The molecule has 2 aromatic rings. The van der Waals surface area contributed by atoms with Crippen LogP contribution in [0.1, 0.15) is 41.5 Å². The summed E-state index contributed by atoms with van der Waals surface area (Å²) in [6.07, 6.45) is 2.62. The fraction of sp³-hybridized carbons (Fsp3) is 0.444. The van der Waals surface area contributed by atoms with Crippen LogP contribution in [0.3, 0.4) is 0 Å². The van der Waals surface area contributed by atoms with Gasteiger partial charge in [-0.2, -0.15) is 5.10 Å². The third-order valence-corrected chi connectivity index (χ3v) is 4.44. The molecule has 1 fully saturated rings. The molecule has 0 radical (unpaired) electrons. The molecule has 0 aliphatic carbocycles. The van der Waals surface area contributed by atoms with Gasteiger partial charge in [0.25, 0.3) is 5.91 Å². The van der Waals surface area contributed by atoms with Crippen molar-refractivity contribution in [3.63, 3.8) is 0 Å². The zero-order valence-corrected chi connectivity index (χ0v) is 14.1. The summed E-state index contributed by atoms with van der Waals surface area (Å²) in [4.78, 5) is 14.3. The molecule has 1 aromatic carbocycles. The first-order valence-electron chi connectivity index (χ1n) is 8.43. The van der Waals surface area contributed by atoms with Crippen molar-refractivity contribution in [1.29, 1.82) is 0 Å². The van der Waals surface area contributed by atoms with Gasteiger partial charge >= 0.3 is 0 Å². The Morgan fingerprint density at radius 1 is 1.46 bits per heavy atom. The molecular formula is C18H23FN4O. The molecule has 1 aliphatic rings. The Bertz CT molecular complexity index is 728. The van der Waals surface area contributed by atoms with Crippen LogP contribution in [0.5, 0.6) is 0 Å². The van der Waals surface area contributed by atoms with Crippen LogP contribution >= 0.6 is 0 Å². The number of aromatic amines is 1. The number of rotatable bonds is 4. The maximum Gasteiger partial charge on any atom is 0.272 e. The molecule has 2 N–H and O–H groups in total. The second-order valence-corrected chi connectivity index (χ2v) is 6.35. The van der Waals surface area contributed by atoms with Crippen LogP contribution in [0, 0.1) is 12.7 Å². The van der Waals surface area contributed by atoms with Crippen LogP contribution in [0.25, 0.3) is 0 Å². The second-order valence-electron chi connectivity index (χ2n) is 6.35. The van der Waals surface area contributed by atoms with Gasteiger partial charge in [-0.05, 0) is 49.9 Å². The van der Waals surface area contributed by atoms with Gasteiger partial charge in [0.2, 0.25) is 0 Å². The summed E-state index contributed by atoms with van der Waals surface area (Å²) in [6.45, 7) is 5.37. The van der Waals surface area contributed by atoms with Gasteiger partial charge in [0.15, 0.2) is 0 Å². The van der Waals surface area contributed by atoms with Crippen LogP contribution < -0.4 is 10.2 Å². The smallest absolute Gasteiger partial charge is 0.272 e. The van der Waals surface area contributed by atoms with Gasteiger partial charge in [-0.3, -0.25) is 9.89 Å². The van der Waals surface area contributed by atoms with E-state index in [4.69, 9.17) is 0 Å². The van der Waals surface area contributed by atoms with Gasteiger partial charge in [-0.15, -0.1) is 0 Å².